The van der Waals surface area contributed by atoms with E-state index in [4.69, 9.17) is 0 Å². The van der Waals surface area contributed by atoms with E-state index in [2.05, 4.69) is 19.3 Å². The van der Waals surface area contributed by atoms with Crippen LogP contribution in [0.25, 0.3) is 0 Å². The predicted molar refractivity (Wildman–Crippen MR) is 63.3 cm³/mol. The molecule has 0 saturated heterocycles. The van der Waals surface area contributed by atoms with Crippen LogP contribution in [-0.2, 0) is 4.79 Å². The first kappa shape index (κ1) is 11.3. The van der Waals surface area contributed by atoms with E-state index in [0.717, 1.165) is 5.57 Å². The Morgan fingerprint density at radius 2 is 2.07 bits per heavy atom. The van der Waals surface area contributed by atoms with Gasteiger partial charge in [0.15, 0.2) is 5.78 Å². The first-order valence-corrected chi connectivity index (χ1v) is 5.60. The van der Waals surface area contributed by atoms with Crippen molar-refractivity contribution in [2.75, 3.05) is 0 Å². The Morgan fingerprint density at radius 1 is 1.36 bits per heavy atom. The first-order valence-electron chi connectivity index (χ1n) is 4.72. The van der Waals surface area contributed by atoms with Crippen molar-refractivity contribution in [3.8, 4) is 0 Å². The van der Waals surface area contributed by atoms with E-state index in [1.54, 1.807) is 17.8 Å². The SMILES string of the molecule is CC1=C/C=C/SC(C)(C)CC(=O)\C=C\1. The number of ketones is 1. The van der Waals surface area contributed by atoms with Gasteiger partial charge in [-0.15, -0.1) is 11.8 Å². The predicted octanol–water partition coefficient (Wildman–Crippen LogP) is 3.49. The normalized spacial score (nSPS) is 30.2. The van der Waals surface area contributed by atoms with Gasteiger partial charge in [0.1, 0.15) is 0 Å². The summed E-state index contributed by atoms with van der Waals surface area (Å²) in [6.45, 7) is 6.17. The van der Waals surface area contributed by atoms with Crippen molar-refractivity contribution in [2.45, 2.75) is 31.9 Å². The van der Waals surface area contributed by atoms with Crippen molar-refractivity contribution in [2.24, 2.45) is 0 Å². The van der Waals surface area contributed by atoms with Crippen LogP contribution in [0.1, 0.15) is 27.2 Å². The molecule has 76 valence electrons. The summed E-state index contributed by atoms with van der Waals surface area (Å²) in [7, 11) is 0. The molecule has 0 bridgehead atoms. The zero-order chi connectivity index (χ0) is 10.6. The molecule has 0 saturated carbocycles. The van der Waals surface area contributed by atoms with Gasteiger partial charge in [0.2, 0.25) is 0 Å². The van der Waals surface area contributed by atoms with Crippen LogP contribution in [0, 0.1) is 0 Å². The fraction of sp³-hybridized carbons (Fsp3) is 0.417. The number of hydrogen-bond acceptors (Lipinski definition) is 2. The molecule has 1 aliphatic rings. The molecule has 0 fully saturated rings. The number of rotatable bonds is 0. The van der Waals surface area contributed by atoms with Gasteiger partial charge in [-0.05, 0) is 32.3 Å². The van der Waals surface area contributed by atoms with Crippen molar-refractivity contribution in [3.05, 3.63) is 35.3 Å². The molecule has 1 rings (SSSR count). The van der Waals surface area contributed by atoms with E-state index in [-0.39, 0.29) is 10.5 Å². The third kappa shape index (κ3) is 3.97. The molecule has 0 aromatic heterocycles. The van der Waals surface area contributed by atoms with E-state index >= 15 is 0 Å². The molecule has 0 aromatic rings. The number of carbonyl (C=O) groups is 1. The highest BCUT2D eigenvalue weighted by Crippen LogP contribution is 2.29. The van der Waals surface area contributed by atoms with E-state index in [9.17, 15) is 4.79 Å². The second-order valence-corrected chi connectivity index (χ2v) is 5.71. The van der Waals surface area contributed by atoms with E-state index in [0.29, 0.717) is 6.42 Å². The van der Waals surface area contributed by atoms with Crippen molar-refractivity contribution >= 4 is 17.5 Å². The van der Waals surface area contributed by atoms with Crippen LogP contribution in [0.5, 0.6) is 0 Å². The van der Waals surface area contributed by atoms with Crippen molar-refractivity contribution in [1.82, 2.24) is 0 Å². The molecule has 0 amide bonds. The molecule has 0 unspecified atom stereocenters. The Bertz CT molecular complexity index is 308. The first-order chi connectivity index (χ1) is 6.49. The molecule has 0 aromatic carbocycles. The summed E-state index contributed by atoms with van der Waals surface area (Å²) >= 11 is 1.70. The lowest BCUT2D eigenvalue weighted by molar-refractivity contribution is -0.114. The van der Waals surface area contributed by atoms with Crippen molar-refractivity contribution in [3.63, 3.8) is 0 Å². The van der Waals surface area contributed by atoms with Gasteiger partial charge in [0.25, 0.3) is 0 Å². The number of carbonyl (C=O) groups excluding carboxylic acids is 1. The summed E-state index contributed by atoms with van der Waals surface area (Å²) in [6, 6.07) is 0. The van der Waals surface area contributed by atoms with Crippen LogP contribution in [0.3, 0.4) is 0 Å². The number of thioether (sulfide) groups is 1. The van der Waals surface area contributed by atoms with Crippen LogP contribution >= 0.6 is 11.8 Å². The Kier molecular flexibility index (Phi) is 3.76. The van der Waals surface area contributed by atoms with E-state index in [1.807, 2.05) is 25.2 Å². The summed E-state index contributed by atoms with van der Waals surface area (Å²) in [5, 5.41) is 2.05. The zero-order valence-electron chi connectivity index (χ0n) is 8.91. The fourth-order valence-corrected chi connectivity index (χ4v) is 1.97. The molecule has 2 heteroatoms. The maximum atomic E-state index is 11.5. The molecule has 14 heavy (non-hydrogen) atoms. The summed E-state index contributed by atoms with van der Waals surface area (Å²) < 4.78 is -0.00297. The van der Waals surface area contributed by atoms with E-state index < -0.39 is 0 Å². The third-order valence-electron chi connectivity index (χ3n) is 1.96. The summed E-state index contributed by atoms with van der Waals surface area (Å²) in [6.07, 6.45) is 8.18. The highest BCUT2D eigenvalue weighted by Gasteiger charge is 2.20. The average molecular weight is 208 g/mol. The molecule has 1 heterocycles. The van der Waals surface area contributed by atoms with Gasteiger partial charge in [-0.3, -0.25) is 4.79 Å². The van der Waals surface area contributed by atoms with Crippen molar-refractivity contribution < 1.29 is 4.79 Å². The van der Waals surface area contributed by atoms with Gasteiger partial charge >= 0.3 is 0 Å². The van der Waals surface area contributed by atoms with E-state index in [1.165, 1.54) is 0 Å². The standard InChI is InChI=1S/C12H16OS/c1-10-5-4-8-14-12(2,3)9-11(13)7-6-10/h4-8H,9H2,1-3H3/b7-6+,8-4+,10-5-. The second kappa shape index (κ2) is 4.65. The minimum Gasteiger partial charge on any atom is -0.295 e. The van der Waals surface area contributed by atoms with Gasteiger partial charge < -0.3 is 0 Å². The van der Waals surface area contributed by atoms with Crippen LogP contribution < -0.4 is 0 Å². The lowest BCUT2D eigenvalue weighted by Crippen LogP contribution is -2.18. The molecular formula is C12H16OS. The number of hydrogen-bond donors (Lipinski definition) is 0. The minimum atomic E-state index is -0.00297. The highest BCUT2D eigenvalue weighted by molar-refractivity contribution is 8.03. The summed E-state index contributed by atoms with van der Waals surface area (Å²) in [4.78, 5) is 11.5. The third-order valence-corrected chi connectivity index (χ3v) is 3.03. The van der Waals surface area contributed by atoms with Crippen molar-refractivity contribution in [1.29, 1.82) is 0 Å². The molecule has 1 nitrogen and oxygen atoms in total. The minimum absolute atomic E-state index is 0.00297. The van der Waals surface area contributed by atoms with Gasteiger partial charge in [0, 0.05) is 11.2 Å². The average Bonchev–Trinajstić information content (AvgIpc) is 2.07. The molecule has 0 radical (unpaired) electrons. The van der Waals surface area contributed by atoms with Crippen LogP contribution in [0.15, 0.2) is 35.3 Å². The summed E-state index contributed by atoms with van der Waals surface area (Å²) in [5.74, 6) is 0.200. The van der Waals surface area contributed by atoms with Crippen LogP contribution in [-0.4, -0.2) is 10.5 Å². The van der Waals surface area contributed by atoms with Gasteiger partial charge in [-0.25, -0.2) is 0 Å². The quantitative estimate of drug-likeness (QED) is 0.606. The summed E-state index contributed by atoms with van der Waals surface area (Å²) in [5.41, 5.74) is 1.11. The monoisotopic (exact) mass is 208 g/mol. The molecule has 0 aliphatic carbocycles. The Labute approximate surface area is 90.0 Å². The largest absolute Gasteiger partial charge is 0.295 e. The topological polar surface area (TPSA) is 17.1 Å². The van der Waals surface area contributed by atoms with Crippen LogP contribution in [0.4, 0.5) is 0 Å². The van der Waals surface area contributed by atoms with Gasteiger partial charge in [-0.1, -0.05) is 23.8 Å². The van der Waals surface area contributed by atoms with Gasteiger partial charge in [0.05, 0.1) is 0 Å². The molecule has 0 N–H and O–H groups in total. The molecule has 1 aliphatic heterocycles. The molecular weight excluding hydrogens is 192 g/mol. The highest BCUT2D eigenvalue weighted by atomic mass is 32.2. The maximum Gasteiger partial charge on any atom is 0.157 e. The zero-order valence-corrected chi connectivity index (χ0v) is 9.73. The second-order valence-electron chi connectivity index (χ2n) is 4.09. The Hall–Kier alpha value is -0.760. The Morgan fingerprint density at radius 3 is 2.79 bits per heavy atom. The van der Waals surface area contributed by atoms with Gasteiger partial charge in [-0.2, -0.15) is 0 Å². The smallest absolute Gasteiger partial charge is 0.157 e. The molecule has 0 atom stereocenters. The Balaban J connectivity index is 2.87. The number of allylic oxidation sites excluding steroid dienone is 5. The fourth-order valence-electron chi connectivity index (χ4n) is 1.21. The maximum absolute atomic E-state index is 11.5. The lowest BCUT2D eigenvalue weighted by atomic mass is 10.1. The lowest BCUT2D eigenvalue weighted by Gasteiger charge is -2.20. The van der Waals surface area contributed by atoms with Crippen LogP contribution in [0.2, 0.25) is 0 Å². The molecule has 0 spiro atoms.